The summed E-state index contributed by atoms with van der Waals surface area (Å²) in [6.45, 7) is 1.69. The summed E-state index contributed by atoms with van der Waals surface area (Å²) >= 11 is 0. The molecule has 0 saturated carbocycles. The van der Waals surface area contributed by atoms with Crippen molar-refractivity contribution < 1.29 is 27.6 Å². The van der Waals surface area contributed by atoms with Crippen molar-refractivity contribution in [2.45, 2.75) is 25.6 Å². The summed E-state index contributed by atoms with van der Waals surface area (Å²) in [5.41, 5.74) is 4.01. The molecule has 0 unspecified atom stereocenters. The number of hydrogen-bond donors (Lipinski definition) is 1. The van der Waals surface area contributed by atoms with Crippen LogP contribution >= 0.6 is 0 Å². The van der Waals surface area contributed by atoms with Crippen molar-refractivity contribution in [2.24, 2.45) is 10.9 Å². The van der Waals surface area contributed by atoms with Gasteiger partial charge in [0.25, 0.3) is 5.91 Å². The number of aromatic nitrogens is 2. The third-order valence-corrected chi connectivity index (χ3v) is 4.69. The van der Waals surface area contributed by atoms with Crippen molar-refractivity contribution in [3.05, 3.63) is 47.0 Å². The zero-order valence-corrected chi connectivity index (χ0v) is 14.5. The number of rotatable bonds is 2. The number of benzene rings is 1. The largest absolute Gasteiger partial charge is 0.417 e. The molecule has 0 spiro atoms. The molecule has 1 amide bonds. The second kappa shape index (κ2) is 6.08. The highest BCUT2D eigenvalue weighted by Crippen LogP contribution is 2.44. The fourth-order valence-corrected chi connectivity index (χ4v) is 3.44. The van der Waals surface area contributed by atoms with Gasteiger partial charge in [0, 0.05) is 6.54 Å². The molecule has 8 nitrogen and oxygen atoms in total. The van der Waals surface area contributed by atoms with Gasteiger partial charge in [0.1, 0.15) is 12.2 Å². The highest BCUT2D eigenvalue weighted by atomic mass is 19.4. The molecular weight excluding hydrogens is 379 g/mol. The number of amidine groups is 1. The topological polar surface area (TPSA) is 103 Å². The van der Waals surface area contributed by atoms with Gasteiger partial charge in [-0.15, -0.1) is 0 Å². The Morgan fingerprint density at radius 1 is 1.39 bits per heavy atom. The first-order chi connectivity index (χ1) is 13.2. The van der Waals surface area contributed by atoms with E-state index in [0.717, 1.165) is 6.07 Å². The number of amides is 1. The van der Waals surface area contributed by atoms with Crippen LogP contribution in [0.4, 0.5) is 13.2 Å². The summed E-state index contributed by atoms with van der Waals surface area (Å²) in [7, 11) is 0. The SMILES string of the molecule is CC(N)=NOC(=O)c1ncn2c1[C@@H]1CCN1C(=O)c1c-2cccc1C(F)(F)F. The minimum Gasteiger partial charge on any atom is -0.385 e. The summed E-state index contributed by atoms with van der Waals surface area (Å²) in [5.74, 6) is -1.63. The fraction of sp³-hybridized carbons (Fsp3) is 0.294. The quantitative estimate of drug-likeness (QED) is 0.365. The van der Waals surface area contributed by atoms with E-state index in [1.54, 1.807) is 0 Å². The van der Waals surface area contributed by atoms with Crippen LogP contribution in [-0.4, -0.2) is 38.7 Å². The first-order valence-corrected chi connectivity index (χ1v) is 8.30. The lowest BCUT2D eigenvalue weighted by Gasteiger charge is -2.39. The Hall–Kier alpha value is -3.37. The minimum absolute atomic E-state index is 0.00859. The van der Waals surface area contributed by atoms with Gasteiger partial charge in [0.05, 0.1) is 28.6 Å². The molecule has 146 valence electrons. The van der Waals surface area contributed by atoms with Gasteiger partial charge in [0.15, 0.2) is 5.69 Å². The molecule has 0 radical (unpaired) electrons. The molecule has 11 heteroatoms. The first-order valence-electron chi connectivity index (χ1n) is 8.30. The highest BCUT2D eigenvalue weighted by Gasteiger charge is 2.46. The van der Waals surface area contributed by atoms with E-state index in [0.29, 0.717) is 6.42 Å². The summed E-state index contributed by atoms with van der Waals surface area (Å²) in [6.07, 6.45) is -3.02. The average Bonchev–Trinajstić information content (AvgIpc) is 2.98. The molecule has 4 rings (SSSR count). The van der Waals surface area contributed by atoms with E-state index in [1.807, 2.05) is 0 Å². The predicted octanol–water partition coefficient (Wildman–Crippen LogP) is 2.24. The second-order valence-corrected chi connectivity index (χ2v) is 6.46. The van der Waals surface area contributed by atoms with Gasteiger partial charge in [0.2, 0.25) is 0 Å². The van der Waals surface area contributed by atoms with Gasteiger partial charge < -0.3 is 15.5 Å². The molecule has 2 aliphatic heterocycles. The van der Waals surface area contributed by atoms with E-state index in [9.17, 15) is 22.8 Å². The van der Waals surface area contributed by atoms with Crippen LogP contribution in [0, 0.1) is 0 Å². The van der Waals surface area contributed by atoms with Crippen molar-refractivity contribution in [1.29, 1.82) is 0 Å². The number of nitrogens with zero attached hydrogens (tertiary/aromatic N) is 4. The van der Waals surface area contributed by atoms with E-state index in [4.69, 9.17) is 10.6 Å². The van der Waals surface area contributed by atoms with E-state index in [1.165, 1.54) is 34.9 Å². The minimum atomic E-state index is -4.71. The number of halogens is 3. The van der Waals surface area contributed by atoms with Gasteiger partial charge in [-0.25, -0.2) is 9.78 Å². The summed E-state index contributed by atoms with van der Waals surface area (Å²) < 4.78 is 41.9. The normalized spacial score (nSPS) is 18.6. The first kappa shape index (κ1) is 18.0. The van der Waals surface area contributed by atoms with Crippen LogP contribution in [0.25, 0.3) is 5.69 Å². The molecular formula is C17H14F3N5O3. The van der Waals surface area contributed by atoms with Crippen LogP contribution in [0.15, 0.2) is 29.7 Å². The Kier molecular flexibility index (Phi) is 3.91. The lowest BCUT2D eigenvalue weighted by atomic mass is 9.96. The maximum Gasteiger partial charge on any atom is 0.417 e. The standard InChI is InChI=1S/C17H14F3N5O3/c1-8(21)23-28-16(27)13-14-11-5-6-24(11)15(26)12-9(17(18,19)20)3-2-4-10(12)25(14)7-22-13/h2-4,7,11H,5-6H2,1H3,(H2,21,23)/t11-/m0/s1. The smallest absolute Gasteiger partial charge is 0.385 e. The monoisotopic (exact) mass is 393 g/mol. The van der Waals surface area contributed by atoms with Crippen LogP contribution < -0.4 is 5.73 Å². The predicted molar refractivity (Wildman–Crippen MR) is 89.7 cm³/mol. The third kappa shape index (κ3) is 2.62. The number of carbonyl (C=O) groups excluding carboxylic acids is 2. The van der Waals surface area contributed by atoms with Gasteiger partial charge in [-0.05, 0) is 25.5 Å². The Balaban J connectivity index is 1.92. The highest BCUT2D eigenvalue weighted by molar-refractivity contribution is 6.01. The molecule has 1 aromatic heterocycles. The van der Waals surface area contributed by atoms with Crippen molar-refractivity contribution in [3.8, 4) is 5.69 Å². The van der Waals surface area contributed by atoms with Crippen molar-refractivity contribution in [1.82, 2.24) is 14.5 Å². The maximum atomic E-state index is 13.5. The molecule has 1 saturated heterocycles. The molecule has 3 heterocycles. The van der Waals surface area contributed by atoms with Crippen molar-refractivity contribution in [3.63, 3.8) is 0 Å². The number of carbonyl (C=O) groups is 2. The van der Waals surface area contributed by atoms with Gasteiger partial charge in [-0.1, -0.05) is 11.2 Å². The van der Waals surface area contributed by atoms with Crippen LogP contribution in [0.2, 0.25) is 0 Å². The molecule has 1 fully saturated rings. The molecule has 0 aliphatic carbocycles. The van der Waals surface area contributed by atoms with Gasteiger partial charge >= 0.3 is 12.1 Å². The summed E-state index contributed by atoms with van der Waals surface area (Å²) in [6, 6.07) is 2.87. The number of oxime groups is 1. The Morgan fingerprint density at radius 3 is 2.75 bits per heavy atom. The van der Waals surface area contributed by atoms with Gasteiger partial charge in [-0.2, -0.15) is 13.2 Å². The fourth-order valence-electron chi connectivity index (χ4n) is 3.44. The number of nitrogens with two attached hydrogens (primary N) is 1. The van der Waals surface area contributed by atoms with Crippen LogP contribution in [0.5, 0.6) is 0 Å². The average molecular weight is 393 g/mol. The third-order valence-electron chi connectivity index (χ3n) is 4.69. The second-order valence-electron chi connectivity index (χ2n) is 6.46. The zero-order chi connectivity index (χ0) is 20.2. The summed E-state index contributed by atoms with van der Waals surface area (Å²) in [5, 5.41) is 3.39. The molecule has 28 heavy (non-hydrogen) atoms. The van der Waals surface area contributed by atoms with Crippen LogP contribution in [0.3, 0.4) is 0 Å². The van der Waals surface area contributed by atoms with E-state index >= 15 is 0 Å². The Labute approximate surface area is 156 Å². The molecule has 2 N–H and O–H groups in total. The molecule has 1 atom stereocenters. The number of fused-ring (bicyclic) bond motifs is 5. The lowest BCUT2D eigenvalue weighted by molar-refractivity contribution is -0.138. The van der Waals surface area contributed by atoms with Crippen LogP contribution in [-0.2, 0) is 11.0 Å². The molecule has 2 aliphatic rings. The lowest BCUT2D eigenvalue weighted by Crippen LogP contribution is -2.45. The van der Waals surface area contributed by atoms with Crippen LogP contribution in [0.1, 0.15) is 51.5 Å². The van der Waals surface area contributed by atoms with Crippen molar-refractivity contribution >= 4 is 17.7 Å². The molecule has 0 bridgehead atoms. The van der Waals surface area contributed by atoms with Gasteiger partial charge in [-0.3, -0.25) is 9.36 Å². The number of imidazole rings is 1. The van der Waals surface area contributed by atoms with E-state index < -0.39 is 35.2 Å². The Bertz CT molecular complexity index is 1020. The van der Waals surface area contributed by atoms with E-state index in [2.05, 4.69) is 10.1 Å². The summed E-state index contributed by atoms with van der Waals surface area (Å²) in [4.78, 5) is 35.2. The maximum absolute atomic E-state index is 13.5. The number of alkyl halides is 3. The van der Waals surface area contributed by atoms with E-state index in [-0.39, 0.29) is 29.5 Å². The van der Waals surface area contributed by atoms with Crippen molar-refractivity contribution in [2.75, 3.05) is 6.54 Å². The molecule has 2 aromatic rings. The Morgan fingerprint density at radius 2 is 2.14 bits per heavy atom. The zero-order valence-electron chi connectivity index (χ0n) is 14.5. The number of hydrogen-bond acceptors (Lipinski definition) is 5. The molecule has 1 aromatic carbocycles.